The first-order valence-electron chi connectivity index (χ1n) is 8.44. The lowest BCUT2D eigenvalue weighted by molar-refractivity contribution is 0.424. The second-order valence-corrected chi connectivity index (χ2v) is 8.86. The van der Waals surface area contributed by atoms with Gasteiger partial charge in [0.2, 0.25) is 10.0 Å². The molecule has 1 aromatic heterocycles. The minimum Gasteiger partial charge on any atom is -0.357 e. The Morgan fingerprint density at radius 1 is 1.40 bits per heavy atom. The minimum absolute atomic E-state index is 0.491. The summed E-state index contributed by atoms with van der Waals surface area (Å²) in [6.07, 6.45) is 3.96. The van der Waals surface area contributed by atoms with E-state index in [1.54, 1.807) is 0 Å². The van der Waals surface area contributed by atoms with Gasteiger partial charge in [-0.05, 0) is 35.3 Å². The quantitative estimate of drug-likeness (QED) is 0.365. The zero-order valence-corrected chi connectivity index (χ0v) is 18.2. The Morgan fingerprint density at radius 2 is 2.08 bits per heavy atom. The average molecular weight is 436 g/mol. The summed E-state index contributed by atoms with van der Waals surface area (Å²) in [4.78, 5) is 6.69. The van der Waals surface area contributed by atoms with Crippen molar-refractivity contribution < 1.29 is 8.42 Å². The van der Waals surface area contributed by atoms with Gasteiger partial charge in [-0.1, -0.05) is 6.92 Å². The number of rotatable bonds is 9. The molecule has 0 fully saturated rings. The van der Waals surface area contributed by atoms with Crippen LogP contribution in [-0.2, 0) is 23.6 Å². The van der Waals surface area contributed by atoms with Crippen molar-refractivity contribution in [2.75, 3.05) is 39.5 Å². The molecule has 9 heteroatoms. The van der Waals surface area contributed by atoms with Gasteiger partial charge in [-0.25, -0.2) is 12.7 Å². The number of guanidine groups is 1. The molecule has 0 aliphatic heterocycles. The lowest BCUT2D eigenvalue weighted by atomic mass is 10.4. The zero-order chi connectivity index (χ0) is 19.0. The summed E-state index contributed by atoms with van der Waals surface area (Å²) < 4.78 is 27.8. The van der Waals surface area contributed by atoms with Crippen molar-refractivity contribution in [2.45, 2.75) is 26.8 Å². The fourth-order valence-corrected chi connectivity index (χ4v) is 4.00. The highest BCUT2D eigenvalue weighted by atomic mass is 79.9. The Hall–Kier alpha value is -1.06. The predicted octanol–water partition coefficient (Wildman–Crippen LogP) is 1.86. The number of halogens is 1. The summed E-state index contributed by atoms with van der Waals surface area (Å²) in [5, 5.41) is 3.28. The number of nitrogens with zero attached hydrogens (tertiary/aromatic N) is 4. The molecular formula is C16H30BrN5O2S. The van der Waals surface area contributed by atoms with E-state index in [0.717, 1.165) is 23.5 Å². The van der Waals surface area contributed by atoms with Gasteiger partial charge >= 0.3 is 0 Å². The van der Waals surface area contributed by atoms with Crippen molar-refractivity contribution in [1.29, 1.82) is 0 Å². The van der Waals surface area contributed by atoms with Crippen LogP contribution in [0.1, 0.15) is 26.0 Å². The predicted molar refractivity (Wildman–Crippen MR) is 107 cm³/mol. The Labute approximate surface area is 160 Å². The minimum atomic E-state index is -3.13. The summed E-state index contributed by atoms with van der Waals surface area (Å²) in [7, 11) is 0.880. The first-order chi connectivity index (χ1) is 11.7. The molecule has 0 aliphatic carbocycles. The van der Waals surface area contributed by atoms with E-state index in [0.29, 0.717) is 26.1 Å². The van der Waals surface area contributed by atoms with Crippen LogP contribution in [0.3, 0.4) is 0 Å². The van der Waals surface area contributed by atoms with E-state index in [1.165, 1.54) is 16.3 Å². The van der Waals surface area contributed by atoms with Crippen molar-refractivity contribution in [3.63, 3.8) is 0 Å². The molecule has 144 valence electrons. The molecule has 1 heterocycles. The third-order valence-corrected chi connectivity index (χ3v) is 5.63. The molecule has 0 unspecified atom stereocenters. The van der Waals surface area contributed by atoms with Crippen LogP contribution in [0.4, 0.5) is 0 Å². The van der Waals surface area contributed by atoms with Crippen molar-refractivity contribution in [1.82, 2.24) is 19.1 Å². The van der Waals surface area contributed by atoms with Gasteiger partial charge in [0.05, 0.1) is 12.8 Å². The average Bonchev–Trinajstić information content (AvgIpc) is 2.82. The topological polar surface area (TPSA) is 69.9 Å². The summed E-state index contributed by atoms with van der Waals surface area (Å²) in [6, 6.07) is 2.09. The van der Waals surface area contributed by atoms with Gasteiger partial charge in [-0.2, -0.15) is 0 Å². The van der Waals surface area contributed by atoms with Gasteiger partial charge in [0.15, 0.2) is 5.96 Å². The number of aliphatic imine (C=N–C) groups is 1. The van der Waals surface area contributed by atoms with Gasteiger partial charge in [-0.15, -0.1) is 0 Å². The number of hydrogen-bond donors (Lipinski definition) is 1. The van der Waals surface area contributed by atoms with Gasteiger partial charge in [0.25, 0.3) is 0 Å². The third kappa shape index (κ3) is 7.37. The van der Waals surface area contributed by atoms with Gasteiger partial charge in [0.1, 0.15) is 0 Å². The first-order valence-corrected chi connectivity index (χ1v) is 11.1. The molecule has 0 atom stereocenters. The fourth-order valence-electron chi connectivity index (χ4n) is 2.50. The number of nitrogens with one attached hydrogen (secondary N) is 1. The lowest BCUT2D eigenvalue weighted by Crippen LogP contribution is -2.39. The van der Waals surface area contributed by atoms with Crippen LogP contribution in [0.15, 0.2) is 21.7 Å². The van der Waals surface area contributed by atoms with Crippen LogP contribution in [0, 0.1) is 0 Å². The smallest absolute Gasteiger partial charge is 0.211 e. The molecule has 0 bridgehead atoms. The Balaban J connectivity index is 2.65. The van der Waals surface area contributed by atoms with Gasteiger partial charge in [-0.3, -0.25) is 4.99 Å². The standard InChI is InChI=1S/C16H30BrN5O2S/c1-6-18-16(19-9-8-10-22(7-2)25(5,23)24)21(4)13-15-11-14(17)12-20(15)3/h11-12H,6-10,13H2,1-5H3,(H,18,19). The first kappa shape index (κ1) is 22.0. The molecule has 1 aromatic rings. The molecule has 0 aromatic carbocycles. The molecule has 0 amide bonds. The van der Waals surface area contributed by atoms with Crippen molar-refractivity contribution >= 4 is 31.9 Å². The molecular weight excluding hydrogens is 406 g/mol. The molecule has 0 radical (unpaired) electrons. The Bertz CT molecular complexity index is 672. The van der Waals surface area contributed by atoms with Crippen LogP contribution in [0.25, 0.3) is 0 Å². The maximum atomic E-state index is 11.6. The number of sulfonamides is 1. The van der Waals surface area contributed by atoms with E-state index < -0.39 is 10.0 Å². The zero-order valence-electron chi connectivity index (χ0n) is 15.8. The van der Waals surface area contributed by atoms with Gasteiger partial charge < -0.3 is 14.8 Å². The van der Waals surface area contributed by atoms with Crippen molar-refractivity contribution in [3.8, 4) is 0 Å². The highest BCUT2D eigenvalue weighted by Crippen LogP contribution is 2.15. The highest BCUT2D eigenvalue weighted by molar-refractivity contribution is 9.10. The van der Waals surface area contributed by atoms with Crippen LogP contribution in [-0.4, -0.2) is 67.6 Å². The normalized spacial score (nSPS) is 12.7. The molecule has 0 saturated heterocycles. The third-order valence-electron chi connectivity index (χ3n) is 3.82. The van der Waals surface area contributed by atoms with E-state index in [4.69, 9.17) is 0 Å². The maximum Gasteiger partial charge on any atom is 0.211 e. The Kier molecular flexibility index (Phi) is 8.95. The molecule has 0 aliphatic rings. The van der Waals surface area contributed by atoms with E-state index in [2.05, 4.69) is 41.8 Å². The van der Waals surface area contributed by atoms with E-state index >= 15 is 0 Å². The lowest BCUT2D eigenvalue weighted by Gasteiger charge is -2.22. The highest BCUT2D eigenvalue weighted by Gasteiger charge is 2.13. The van der Waals surface area contributed by atoms with Crippen LogP contribution >= 0.6 is 15.9 Å². The monoisotopic (exact) mass is 435 g/mol. The van der Waals surface area contributed by atoms with Crippen molar-refractivity contribution in [3.05, 3.63) is 22.4 Å². The van der Waals surface area contributed by atoms with Crippen LogP contribution < -0.4 is 5.32 Å². The number of aromatic nitrogens is 1. The molecule has 7 nitrogen and oxygen atoms in total. The molecule has 0 saturated carbocycles. The largest absolute Gasteiger partial charge is 0.357 e. The molecule has 25 heavy (non-hydrogen) atoms. The summed E-state index contributed by atoms with van der Waals surface area (Å²) in [5.41, 5.74) is 1.18. The van der Waals surface area contributed by atoms with Crippen LogP contribution in [0.2, 0.25) is 0 Å². The molecule has 1 N–H and O–H groups in total. The number of hydrogen-bond acceptors (Lipinski definition) is 3. The Morgan fingerprint density at radius 3 is 2.56 bits per heavy atom. The second-order valence-electron chi connectivity index (χ2n) is 5.96. The van der Waals surface area contributed by atoms with E-state index in [-0.39, 0.29) is 0 Å². The van der Waals surface area contributed by atoms with Crippen LogP contribution in [0.5, 0.6) is 0 Å². The molecule has 0 spiro atoms. The fraction of sp³-hybridized carbons (Fsp3) is 0.688. The second kappa shape index (κ2) is 10.2. The van der Waals surface area contributed by atoms with E-state index in [9.17, 15) is 8.42 Å². The number of aryl methyl sites for hydroxylation is 1. The van der Waals surface area contributed by atoms with Crippen molar-refractivity contribution in [2.24, 2.45) is 12.0 Å². The SMILES string of the molecule is CCNC(=NCCCN(CC)S(C)(=O)=O)N(C)Cc1cc(Br)cn1C. The summed E-state index contributed by atoms with van der Waals surface area (Å²) in [6.45, 7) is 6.96. The van der Waals surface area contributed by atoms with Gasteiger partial charge in [0, 0.05) is 56.6 Å². The summed E-state index contributed by atoms with van der Waals surface area (Å²) >= 11 is 3.49. The van der Waals surface area contributed by atoms with E-state index in [1.807, 2.05) is 34.1 Å². The molecule has 1 rings (SSSR count). The maximum absolute atomic E-state index is 11.6. The summed E-state index contributed by atoms with van der Waals surface area (Å²) in [5.74, 6) is 0.822.